The number of benzene rings is 1. The van der Waals surface area contributed by atoms with Gasteiger partial charge in [-0.2, -0.15) is 0 Å². The van der Waals surface area contributed by atoms with E-state index in [-0.39, 0.29) is 6.04 Å². The molecule has 1 unspecified atom stereocenters. The fraction of sp³-hybridized carbons (Fsp3) is 0.412. The molecule has 4 heteroatoms. The van der Waals surface area contributed by atoms with E-state index in [0.29, 0.717) is 0 Å². The molecule has 0 radical (unpaired) electrons. The highest BCUT2D eigenvalue weighted by Gasteiger charge is 2.13. The van der Waals surface area contributed by atoms with Crippen molar-refractivity contribution in [3.63, 3.8) is 0 Å². The van der Waals surface area contributed by atoms with Gasteiger partial charge in [0.05, 0.1) is 14.7 Å². The van der Waals surface area contributed by atoms with E-state index in [1.807, 2.05) is 6.07 Å². The van der Waals surface area contributed by atoms with Crippen molar-refractivity contribution >= 4 is 40.2 Å². The van der Waals surface area contributed by atoms with Crippen LogP contribution in [0.1, 0.15) is 50.3 Å². The number of unbranched alkanes of at least 4 members (excludes halogenated alkanes) is 2. The zero-order valence-electron chi connectivity index (χ0n) is 12.5. The van der Waals surface area contributed by atoms with E-state index in [4.69, 9.17) is 23.2 Å². The summed E-state index contributed by atoms with van der Waals surface area (Å²) in [6, 6.07) is 10.8. The minimum Gasteiger partial charge on any atom is -0.378 e. The summed E-state index contributed by atoms with van der Waals surface area (Å²) in [7, 11) is 0. The van der Waals surface area contributed by atoms with Crippen LogP contribution in [0.15, 0.2) is 30.3 Å². The van der Waals surface area contributed by atoms with Crippen LogP contribution in [-0.4, -0.2) is 0 Å². The molecule has 2 rings (SSSR count). The first-order valence-electron chi connectivity index (χ1n) is 7.40. The molecule has 0 aliphatic carbocycles. The molecule has 114 valence electrons. The second-order valence-corrected chi connectivity index (χ2v) is 7.59. The number of nitrogens with one attached hydrogen (secondary N) is 1. The molecule has 0 aliphatic heterocycles. The number of aryl methyl sites for hydroxylation is 1. The van der Waals surface area contributed by atoms with Crippen molar-refractivity contribution in [3.05, 3.63) is 50.1 Å². The molecule has 0 aliphatic rings. The first kappa shape index (κ1) is 16.7. The van der Waals surface area contributed by atoms with Gasteiger partial charge in [-0.1, -0.05) is 55.1 Å². The summed E-state index contributed by atoms with van der Waals surface area (Å²) in [6.07, 6.45) is 4.99. The molecule has 0 fully saturated rings. The van der Waals surface area contributed by atoms with E-state index in [1.165, 1.54) is 36.2 Å². The summed E-state index contributed by atoms with van der Waals surface area (Å²) in [6.45, 7) is 4.33. The van der Waals surface area contributed by atoms with Gasteiger partial charge < -0.3 is 5.32 Å². The van der Waals surface area contributed by atoms with Crippen LogP contribution in [0.4, 0.5) is 5.69 Å². The van der Waals surface area contributed by atoms with Gasteiger partial charge in [0.15, 0.2) is 0 Å². The van der Waals surface area contributed by atoms with Crippen LogP contribution in [0, 0.1) is 0 Å². The van der Waals surface area contributed by atoms with Crippen molar-refractivity contribution in [2.24, 2.45) is 0 Å². The molecule has 0 saturated carbocycles. The lowest BCUT2D eigenvalue weighted by atomic mass is 10.1. The third-order valence-corrected chi connectivity index (χ3v) is 5.07. The number of halogens is 2. The van der Waals surface area contributed by atoms with Crippen molar-refractivity contribution < 1.29 is 0 Å². The molecule has 0 amide bonds. The monoisotopic (exact) mass is 341 g/mol. The van der Waals surface area contributed by atoms with Crippen LogP contribution in [0.2, 0.25) is 8.67 Å². The van der Waals surface area contributed by atoms with E-state index in [9.17, 15) is 0 Å². The van der Waals surface area contributed by atoms with Gasteiger partial charge in [0.25, 0.3) is 0 Å². The molecule has 1 aromatic carbocycles. The predicted octanol–water partition coefficient (Wildman–Crippen LogP) is 6.96. The van der Waals surface area contributed by atoms with Crippen molar-refractivity contribution in [3.8, 4) is 0 Å². The van der Waals surface area contributed by atoms with Crippen LogP contribution < -0.4 is 5.32 Å². The lowest BCUT2D eigenvalue weighted by Crippen LogP contribution is -2.05. The van der Waals surface area contributed by atoms with Crippen LogP contribution in [0.5, 0.6) is 0 Å². The number of hydrogen-bond donors (Lipinski definition) is 1. The van der Waals surface area contributed by atoms with Crippen LogP contribution >= 0.6 is 34.5 Å². The van der Waals surface area contributed by atoms with Crippen molar-refractivity contribution in [1.82, 2.24) is 0 Å². The van der Waals surface area contributed by atoms with Crippen LogP contribution in [0.25, 0.3) is 0 Å². The average Bonchev–Trinajstić information content (AvgIpc) is 2.80. The standard InChI is InChI=1S/C17H21Cl2NS/c1-3-4-5-6-13-7-9-14(10-8-13)20-12(2)15-11-16(18)21-17(15)19/h7-12,20H,3-6H2,1-2H3. The Labute approximate surface area is 141 Å². The summed E-state index contributed by atoms with van der Waals surface area (Å²) in [5, 5.41) is 3.47. The fourth-order valence-electron chi connectivity index (χ4n) is 2.32. The second-order valence-electron chi connectivity index (χ2n) is 5.30. The summed E-state index contributed by atoms with van der Waals surface area (Å²) in [5.74, 6) is 0. The third kappa shape index (κ3) is 4.91. The molecule has 1 atom stereocenters. The molecular weight excluding hydrogens is 321 g/mol. The van der Waals surface area contributed by atoms with Crippen LogP contribution in [0.3, 0.4) is 0 Å². The Hall–Kier alpha value is -0.700. The lowest BCUT2D eigenvalue weighted by Gasteiger charge is -2.15. The van der Waals surface area contributed by atoms with Gasteiger partial charge in [0.1, 0.15) is 0 Å². The Bertz CT molecular complexity index is 563. The largest absolute Gasteiger partial charge is 0.378 e. The van der Waals surface area contributed by atoms with Gasteiger partial charge in [-0.15, -0.1) is 11.3 Å². The maximum absolute atomic E-state index is 6.20. The molecule has 0 bridgehead atoms. The molecule has 21 heavy (non-hydrogen) atoms. The van der Waals surface area contributed by atoms with E-state index in [0.717, 1.165) is 26.3 Å². The van der Waals surface area contributed by atoms with Crippen molar-refractivity contribution in [2.75, 3.05) is 5.32 Å². The Morgan fingerprint density at radius 1 is 1.14 bits per heavy atom. The van der Waals surface area contributed by atoms with Gasteiger partial charge in [0, 0.05) is 11.3 Å². The third-order valence-electron chi connectivity index (χ3n) is 3.56. The summed E-state index contributed by atoms with van der Waals surface area (Å²) in [4.78, 5) is 0. The van der Waals surface area contributed by atoms with Gasteiger partial charge >= 0.3 is 0 Å². The van der Waals surface area contributed by atoms with E-state index in [2.05, 4.69) is 43.4 Å². The first-order valence-corrected chi connectivity index (χ1v) is 8.97. The molecule has 1 N–H and O–H groups in total. The van der Waals surface area contributed by atoms with E-state index >= 15 is 0 Å². The molecule has 1 aromatic heterocycles. The molecule has 1 nitrogen and oxygen atoms in total. The van der Waals surface area contributed by atoms with Crippen molar-refractivity contribution in [2.45, 2.75) is 45.6 Å². The minimum atomic E-state index is 0.146. The zero-order chi connectivity index (χ0) is 15.2. The fourth-order valence-corrected chi connectivity index (χ4v) is 3.97. The number of rotatable bonds is 7. The summed E-state index contributed by atoms with van der Waals surface area (Å²) in [5.41, 5.74) is 3.57. The highest BCUT2D eigenvalue weighted by atomic mass is 35.5. The number of hydrogen-bond acceptors (Lipinski definition) is 2. The Morgan fingerprint density at radius 3 is 2.43 bits per heavy atom. The Morgan fingerprint density at radius 2 is 1.86 bits per heavy atom. The molecule has 0 spiro atoms. The van der Waals surface area contributed by atoms with Gasteiger partial charge in [-0.3, -0.25) is 0 Å². The van der Waals surface area contributed by atoms with E-state index < -0.39 is 0 Å². The molecular formula is C17H21Cl2NS. The topological polar surface area (TPSA) is 12.0 Å². The summed E-state index contributed by atoms with van der Waals surface area (Å²) < 4.78 is 1.49. The van der Waals surface area contributed by atoms with E-state index in [1.54, 1.807) is 0 Å². The summed E-state index contributed by atoms with van der Waals surface area (Å²) >= 11 is 13.6. The highest BCUT2D eigenvalue weighted by molar-refractivity contribution is 7.20. The molecule has 2 aromatic rings. The quantitative estimate of drug-likeness (QED) is 0.536. The molecule has 1 heterocycles. The number of thiophene rings is 1. The van der Waals surface area contributed by atoms with Gasteiger partial charge in [-0.25, -0.2) is 0 Å². The first-order chi connectivity index (χ1) is 10.1. The Balaban J connectivity index is 1.95. The predicted molar refractivity (Wildman–Crippen MR) is 96.0 cm³/mol. The zero-order valence-corrected chi connectivity index (χ0v) is 14.8. The lowest BCUT2D eigenvalue weighted by molar-refractivity contribution is 0.717. The number of anilines is 1. The van der Waals surface area contributed by atoms with Crippen LogP contribution in [-0.2, 0) is 6.42 Å². The Kier molecular flexibility index (Phi) is 6.40. The minimum absolute atomic E-state index is 0.146. The maximum Gasteiger partial charge on any atom is 0.0996 e. The highest BCUT2D eigenvalue weighted by Crippen LogP contribution is 2.36. The van der Waals surface area contributed by atoms with Gasteiger partial charge in [-0.05, 0) is 43.5 Å². The second kappa shape index (κ2) is 8.07. The smallest absolute Gasteiger partial charge is 0.0996 e. The normalized spacial score (nSPS) is 12.4. The molecule has 0 saturated heterocycles. The van der Waals surface area contributed by atoms with Crippen molar-refractivity contribution in [1.29, 1.82) is 0 Å². The maximum atomic E-state index is 6.20. The average molecular weight is 342 g/mol. The van der Waals surface area contributed by atoms with Gasteiger partial charge in [0.2, 0.25) is 0 Å². The SMILES string of the molecule is CCCCCc1ccc(NC(C)c2cc(Cl)sc2Cl)cc1.